The third-order valence-corrected chi connectivity index (χ3v) is 5.46. The Bertz CT molecular complexity index is 567. The lowest BCUT2D eigenvalue weighted by atomic mass is 10.2. The van der Waals surface area contributed by atoms with Crippen LogP contribution in [0.15, 0.2) is 30.3 Å². The van der Waals surface area contributed by atoms with Crippen molar-refractivity contribution in [3.8, 4) is 0 Å². The second kappa shape index (κ2) is 8.45. The normalized spacial score (nSPS) is 18.3. The first-order chi connectivity index (χ1) is 11.1. The van der Waals surface area contributed by atoms with Gasteiger partial charge in [0.2, 0.25) is 5.71 Å². The summed E-state index contributed by atoms with van der Waals surface area (Å²) in [6.07, 6.45) is 0.162. The van der Waals surface area contributed by atoms with Gasteiger partial charge in [-0.3, -0.25) is 9.77 Å². The van der Waals surface area contributed by atoms with Gasteiger partial charge in [0.1, 0.15) is 6.61 Å². The first-order valence-electron chi connectivity index (χ1n) is 7.58. The zero-order valence-electron chi connectivity index (χ0n) is 13.3. The Balaban J connectivity index is 1.89. The second-order valence-corrected chi connectivity index (χ2v) is 7.11. The van der Waals surface area contributed by atoms with Crippen LogP contribution in [0, 0.1) is 5.21 Å². The molecule has 0 radical (unpaired) electrons. The van der Waals surface area contributed by atoms with E-state index >= 15 is 0 Å². The first kappa shape index (κ1) is 17.9. The standard InChI is InChI=1S/C15H22NO6P/c1-3-20-23(18,21-4-2)15-10-14(16(17)22-15)12-19-11-13-8-6-5-7-9-13/h5-9,15H,3-4,10-12H2,1-2H3/t15-/m0/s1. The number of rotatable bonds is 9. The minimum absolute atomic E-state index is 0.104. The SMILES string of the molecule is CCOP(=O)(OCC)[C@H]1CC(COCc2ccccc2)=[N+]([O-])O1. The molecule has 1 atom stereocenters. The highest BCUT2D eigenvalue weighted by Crippen LogP contribution is 2.55. The van der Waals surface area contributed by atoms with Gasteiger partial charge in [-0.05, 0) is 19.4 Å². The van der Waals surface area contributed by atoms with Crippen LogP contribution < -0.4 is 0 Å². The number of hydrogen-bond donors (Lipinski definition) is 0. The Morgan fingerprint density at radius 1 is 1.22 bits per heavy atom. The number of benzene rings is 1. The minimum Gasteiger partial charge on any atom is -0.387 e. The van der Waals surface area contributed by atoms with Crippen molar-refractivity contribution >= 4 is 13.3 Å². The van der Waals surface area contributed by atoms with E-state index in [2.05, 4.69) is 0 Å². The predicted molar refractivity (Wildman–Crippen MR) is 85.1 cm³/mol. The van der Waals surface area contributed by atoms with Crippen molar-refractivity contribution in [2.24, 2.45) is 0 Å². The van der Waals surface area contributed by atoms with Crippen molar-refractivity contribution in [2.75, 3.05) is 19.8 Å². The van der Waals surface area contributed by atoms with Crippen molar-refractivity contribution in [1.82, 2.24) is 0 Å². The summed E-state index contributed by atoms with van der Waals surface area (Å²) in [4.78, 5) is 5.46. The second-order valence-electron chi connectivity index (χ2n) is 4.94. The summed E-state index contributed by atoms with van der Waals surface area (Å²) in [5, 5.41) is 11.8. The van der Waals surface area contributed by atoms with E-state index in [1.807, 2.05) is 30.3 Å². The van der Waals surface area contributed by atoms with Crippen molar-refractivity contribution in [1.29, 1.82) is 0 Å². The summed E-state index contributed by atoms with van der Waals surface area (Å²) in [6.45, 7) is 4.35. The average Bonchev–Trinajstić information content (AvgIpc) is 2.91. The Morgan fingerprint density at radius 2 is 1.87 bits per heavy atom. The molecule has 8 heteroatoms. The molecule has 0 N–H and O–H groups in total. The molecule has 1 aliphatic rings. The van der Waals surface area contributed by atoms with Gasteiger partial charge < -0.3 is 18.6 Å². The maximum atomic E-state index is 12.6. The third kappa shape index (κ3) is 4.78. The van der Waals surface area contributed by atoms with Crippen LogP contribution in [0.2, 0.25) is 0 Å². The predicted octanol–water partition coefficient (Wildman–Crippen LogP) is 3.08. The van der Waals surface area contributed by atoms with E-state index in [9.17, 15) is 9.77 Å². The monoisotopic (exact) mass is 343 g/mol. The summed E-state index contributed by atoms with van der Waals surface area (Å²) in [6, 6.07) is 9.63. The molecule has 0 aromatic heterocycles. The molecule has 0 saturated heterocycles. The van der Waals surface area contributed by atoms with Gasteiger partial charge >= 0.3 is 7.60 Å². The average molecular weight is 343 g/mol. The Morgan fingerprint density at radius 3 is 2.48 bits per heavy atom. The molecule has 1 aromatic carbocycles. The van der Waals surface area contributed by atoms with Crippen molar-refractivity contribution < 1.29 is 28.1 Å². The highest BCUT2D eigenvalue weighted by atomic mass is 31.2. The zero-order valence-corrected chi connectivity index (χ0v) is 14.2. The van der Waals surface area contributed by atoms with Gasteiger partial charge in [-0.15, -0.1) is 0 Å². The smallest absolute Gasteiger partial charge is 0.350 e. The summed E-state index contributed by atoms with van der Waals surface area (Å²) in [5.74, 6) is -0.921. The van der Waals surface area contributed by atoms with E-state index in [0.29, 0.717) is 17.2 Å². The molecule has 0 bridgehead atoms. The Kier molecular flexibility index (Phi) is 6.59. The van der Waals surface area contributed by atoms with Gasteiger partial charge in [0.05, 0.1) is 26.2 Å². The fourth-order valence-electron chi connectivity index (χ4n) is 2.20. The van der Waals surface area contributed by atoms with Crippen LogP contribution in [0.5, 0.6) is 0 Å². The molecule has 23 heavy (non-hydrogen) atoms. The molecule has 0 saturated carbocycles. The summed E-state index contributed by atoms with van der Waals surface area (Å²) >= 11 is 0. The van der Waals surface area contributed by atoms with E-state index in [4.69, 9.17) is 18.6 Å². The fourth-order valence-corrected chi connectivity index (χ4v) is 3.97. The van der Waals surface area contributed by atoms with E-state index in [1.165, 1.54) is 0 Å². The molecule has 1 heterocycles. The Hall–Kier alpha value is -1.40. The van der Waals surface area contributed by atoms with E-state index in [-0.39, 0.29) is 26.2 Å². The largest absolute Gasteiger partial charge is 0.387 e. The molecule has 2 rings (SSSR count). The molecular formula is C15H22NO6P. The van der Waals surface area contributed by atoms with Crippen molar-refractivity contribution in [3.05, 3.63) is 41.1 Å². The molecule has 0 amide bonds. The van der Waals surface area contributed by atoms with Crippen LogP contribution in [0.1, 0.15) is 25.8 Å². The molecule has 1 aliphatic heterocycles. The fraction of sp³-hybridized carbons (Fsp3) is 0.533. The summed E-state index contributed by atoms with van der Waals surface area (Å²) < 4.78 is 28.6. The third-order valence-electron chi connectivity index (χ3n) is 3.24. The number of nitrogens with zero attached hydrogens (tertiary/aromatic N) is 1. The maximum absolute atomic E-state index is 12.6. The lowest BCUT2D eigenvalue weighted by Crippen LogP contribution is -2.15. The van der Waals surface area contributed by atoms with Gasteiger partial charge in [0.15, 0.2) is 5.85 Å². The molecular weight excluding hydrogens is 321 g/mol. The van der Waals surface area contributed by atoms with Gasteiger partial charge in [-0.1, -0.05) is 30.3 Å². The van der Waals surface area contributed by atoms with Crippen LogP contribution in [0.3, 0.4) is 0 Å². The molecule has 128 valence electrons. The van der Waals surface area contributed by atoms with Crippen molar-refractivity contribution in [3.63, 3.8) is 0 Å². The highest BCUT2D eigenvalue weighted by molar-refractivity contribution is 7.54. The maximum Gasteiger partial charge on any atom is 0.350 e. The topological polar surface area (TPSA) is 80.1 Å². The van der Waals surface area contributed by atoms with E-state index in [0.717, 1.165) is 5.56 Å². The van der Waals surface area contributed by atoms with Gasteiger partial charge in [0.25, 0.3) is 0 Å². The highest BCUT2D eigenvalue weighted by Gasteiger charge is 2.43. The summed E-state index contributed by atoms with van der Waals surface area (Å²) in [5.41, 5.74) is 1.38. The quantitative estimate of drug-likeness (QED) is 0.506. The molecule has 1 aromatic rings. The molecule has 0 fully saturated rings. The zero-order chi connectivity index (χ0) is 16.7. The molecule has 7 nitrogen and oxygen atoms in total. The lowest BCUT2D eigenvalue weighted by Gasteiger charge is -2.22. The van der Waals surface area contributed by atoms with Gasteiger partial charge in [-0.2, -0.15) is 0 Å². The van der Waals surface area contributed by atoms with Crippen LogP contribution >= 0.6 is 7.60 Å². The first-order valence-corrected chi connectivity index (χ1v) is 9.19. The molecule has 0 spiro atoms. The Labute approximate surface area is 135 Å². The van der Waals surface area contributed by atoms with Gasteiger partial charge in [0, 0.05) is 4.90 Å². The minimum atomic E-state index is -3.47. The molecule has 0 unspecified atom stereocenters. The lowest BCUT2D eigenvalue weighted by molar-refractivity contribution is -0.736. The van der Waals surface area contributed by atoms with Crippen molar-refractivity contribution in [2.45, 2.75) is 32.7 Å². The number of hydrogen-bond acceptors (Lipinski definition) is 6. The van der Waals surface area contributed by atoms with Gasteiger partial charge in [-0.25, -0.2) is 0 Å². The molecule has 0 aliphatic carbocycles. The van der Waals surface area contributed by atoms with E-state index < -0.39 is 13.4 Å². The van der Waals surface area contributed by atoms with E-state index in [1.54, 1.807) is 13.8 Å². The van der Waals surface area contributed by atoms with Crippen LogP contribution in [-0.4, -0.2) is 36.3 Å². The van der Waals surface area contributed by atoms with Crippen LogP contribution in [0.4, 0.5) is 0 Å². The summed E-state index contributed by atoms with van der Waals surface area (Å²) in [7, 11) is -3.47. The van der Waals surface area contributed by atoms with Crippen LogP contribution in [-0.2, 0) is 29.8 Å². The van der Waals surface area contributed by atoms with Crippen LogP contribution in [0.25, 0.3) is 0 Å². The number of ether oxygens (including phenoxy) is 1.